The van der Waals surface area contributed by atoms with Crippen molar-refractivity contribution >= 4 is 17.7 Å². The van der Waals surface area contributed by atoms with Crippen LogP contribution in [0.1, 0.15) is 12.5 Å². The van der Waals surface area contributed by atoms with Gasteiger partial charge < -0.3 is 10.5 Å². The van der Waals surface area contributed by atoms with E-state index in [9.17, 15) is 4.79 Å². The molecule has 0 aliphatic rings. The summed E-state index contributed by atoms with van der Waals surface area (Å²) in [4.78, 5) is 11.4. The van der Waals surface area contributed by atoms with Crippen LogP contribution >= 0.6 is 11.8 Å². The first-order chi connectivity index (χ1) is 8.72. The number of nitrogens with two attached hydrogens (primary N) is 1. The number of hydrogen-bond acceptors (Lipinski definition) is 4. The van der Waals surface area contributed by atoms with Crippen LogP contribution in [0, 0.1) is 0 Å². The molecule has 0 aliphatic heterocycles. The van der Waals surface area contributed by atoms with Crippen molar-refractivity contribution in [1.82, 2.24) is 0 Å². The molecule has 18 heavy (non-hydrogen) atoms. The molecule has 1 aromatic rings. The third-order valence-corrected chi connectivity index (χ3v) is 3.09. The molecule has 1 aromatic carbocycles. The topological polar surface area (TPSA) is 52.3 Å². The zero-order valence-corrected chi connectivity index (χ0v) is 11.4. The summed E-state index contributed by atoms with van der Waals surface area (Å²) >= 11 is 1.74. The zero-order valence-electron chi connectivity index (χ0n) is 10.6. The Bertz CT molecular complexity index is 390. The zero-order chi connectivity index (χ0) is 13.2. The largest absolute Gasteiger partial charge is 0.462 e. The van der Waals surface area contributed by atoms with Crippen LogP contribution < -0.4 is 5.73 Å². The number of esters is 1. The highest BCUT2D eigenvalue weighted by molar-refractivity contribution is 7.99. The molecule has 0 fully saturated rings. The van der Waals surface area contributed by atoms with E-state index < -0.39 is 0 Å². The van der Waals surface area contributed by atoms with E-state index in [1.807, 2.05) is 30.3 Å². The minimum Gasteiger partial charge on any atom is -0.462 e. The summed E-state index contributed by atoms with van der Waals surface area (Å²) in [5, 5.41) is 0. The van der Waals surface area contributed by atoms with E-state index in [4.69, 9.17) is 10.5 Å². The minimum atomic E-state index is -0.361. The van der Waals surface area contributed by atoms with Crippen molar-refractivity contribution < 1.29 is 9.53 Å². The van der Waals surface area contributed by atoms with Crippen molar-refractivity contribution in [1.29, 1.82) is 0 Å². The average Bonchev–Trinajstić information content (AvgIpc) is 2.35. The van der Waals surface area contributed by atoms with Gasteiger partial charge in [-0.3, -0.25) is 0 Å². The average molecular weight is 265 g/mol. The highest BCUT2D eigenvalue weighted by Gasteiger charge is 2.01. The van der Waals surface area contributed by atoms with E-state index in [1.54, 1.807) is 11.8 Å². The second kappa shape index (κ2) is 8.64. The molecule has 4 heteroatoms. The summed E-state index contributed by atoms with van der Waals surface area (Å²) in [7, 11) is 0. The van der Waals surface area contributed by atoms with Crippen LogP contribution in [0.15, 0.2) is 42.1 Å². The van der Waals surface area contributed by atoms with E-state index >= 15 is 0 Å². The van der Waals surface area contributed by atoms with Crippen LogP contribution in [0.3, 0.4) is 0 Å². The van der Waals surface area contributed by atoms with Crippen LogP contribution in [0.2, 0.25) is 0 Å². The van der Waals surface area contributed by atoms with Gasteiger partial charge in [-0.25, -0.2) is 4.79 Å². The standard InChI is InChI=1S/C14H19NO2S/c1-2-18-9-8-17-14(16)11-13(15)10-12-6-4-3-5-7-12/h3-7,11H,2,8-10,15H2,1H3. The fourth-order valence-electron chi connectivity index (χ4n) is 1.42. The molecule has 0 aliphatic carbocycles. The van der Waals surface area contributed by atoms with Gasteiger partial charge in [0.25, 0.3) is 0 Å². The fraction of sp³-hybridized carbons (Fsp3) is 0.357. The van der Waals surface area contributed by atoms with Gasteiger partial charge in [0.1, 0.15) is 6.61 Å². The molecule has 3 nitrogen and oxygen atoms in total. The lowest BCUT2D eigenvalue weighted by molar-refractivity contribution is -0.137. The van der Waals surface area contributed by atoms with Crippen LogP contribution in [0.4, 0.5) is 0 Å². The van der Waals surface area contributed by atoms with Gasteiger partial charge in [-0.15, -0.1) is 0 Å². The van der Waals surface area contributed by atoms with Crippen molar-refractivity contribution in [2.45, 2.75) is 13.3 Å². The van der Waals surface area contributed by atoms with Gasteiger partial charge in [-0.1, -0.05) is 37.3 Å². The van der Waals surface area contributed by atoms with E-state index in [0.29, 0.717) is 18.7 Å². The van der Waals surface area contributed by atoms with Gasteiger partial charge >= 0.3 is 5.97 Å². The molecule has 0 aromatic heterocycles. The molecule has 0 radical (unpaired) electrons. The van der Waals surface area contributed by atoms with Crippen molar-refractivity contribution in [2.24, 2.45) is 5.73 Å². The third-order valence-electron chi connectivity index (χ3n) is 2.23. The number of carbonyl (C=O) groups excluding carboxylic acids is 1. The molecule has 0 saturated carbocycles. The lowest BCUT2D eigenvalue weighted by atomic mass is 10.1. The molecule has 2 N–H and O–H groups in total. The summed E-state index contributed by atoms with van der Waals surface area (Å²) in [6.45, 7) is 2.51. The number of hydrogen-bond donors (Lipinski definition) is 1. The highest BCUT2D eigenvalue weighted by atomic mass is 32.2. The first-order valence-electron chi connectivity index (χ1n) is 5.97. The Balaban J connectivity index is 2.34. The molecular formula is C14H19NO2S. The quantitative estimate of drug-likeness (QED) is 0.467. The number of rotatable bonds is 7. The number of benzene rings is 1. The lowest BCUT2D eigenvalue weighted by Crippen LogP contribution is -2.09. The third kappa shape index (κ3) is 6.35. The van der Waals surface area contributed by atoms with Gasteiger partial charge in [0, 0.05) is 23.9 Å². The molecule has 98 valence electrons. The van der Waals surface area contributed by atoms with E-state index in [0.717, 1.165) is 17.1 Å². The first-order valence-corrected chi connectivity index (χ1v) is 7.12. The van der Waals surface area contributed by atoms with E-state index in [1.165, 1.54) is 6.08 Å². The van der Waals surface area contributed by atoms with Gasteiger partial charge in [-0.2, -0.15) is 11.8 Å². The Kier molecular flexibility index (Phi) is 7.03. The number of ether oxygens (including phenoxy) is 1. The van der Waals surface area contributed by atoms with Gasteiger partial charge in [0.05, 0.1) is 0 Å². The molecule has 0 atom stereocenters. The fourth-order valence-corrected chi connectivity index (χ4v) is 1.91. The highest BCUT2D eigenvalue weighted by Crippen LogP contribution is 2.04. The van der Waals surface area contributed by atoms with Gasteiger partial charge in [-0.05, 0) is 11.3 Å². The normalized spacial score (nSPS) is 11.3. The molecule has 0 amide bonds. The summed E-state index contributed by atoms with van der Waals surface area (Å²) < 4.78 is 5.04. The predicted octanol–water partition coefficient (Wildman–Crippen LogP) is 2.37. The van der Waals surface area contributed by atoms with Crippen LogP contribution in [0.25, 0.3) is 0 Å². The summed E-state index contributed by atoms with van der Waals surface area (Å²) in [5.41, 5.74) is 7.40. The Morgan fingerprint density at radius 2 is 2.11 bits per heavy atom. The summed E-state index contributed by atoms with van der Waals surface area (Å²) in [5.74, 6) is 1.50. The Morgan fingerprint density at radius 1 is 1.39 bits per heavy atom. The smallest absolute Gasteiger partial charge is 0.332 e. The SMILES string of the molecule is CCSCCOC(=O)C=C(N)Cc1ccccc1. The Labute approximate surface area is 112 Å². The van der Waals surface area contributed by atoms with E-state index in [-0.39, 0.29) is 5.97 Å². The number of allylic oxidation sites excluding steroid dienone is 1. The molecule has 0 bridgehead atoms. The minimum absolute atomic E-state index is 0.361. The lowest BCUT2D eigenvalue weighted by Gasteiger charge is -2.03. The number of thioether (sulfide) groups is 1. The van der Waals surface area contributed by atoms with Crippen molar-refractivity contribution in [2.75, 3.05) is 18.1 Å². The first kappa shape index (κ1) is 14.6. The summed E-state index contributed by atoms with van der Waals surface area (Å²) in [6, 6.07) is 9.79. The van der Waals surface area contributed by atoms with E-state index in [2.05, 4.69) is 6.92 Å². The predicted molar refractivity (Wildman–Crippen MR) is 76.4 cm³/mol. The Hall–Kier alpha value is -1.42. The molecule has 1 rings (SSSR count). The number of carbonyl (C=O) groups is 1. The van der Waals surface area contributed by atoms with Crippen molar-refractivity contribution in [3.05, 3.63) is 47.7 Å². The van der Waals surface area contributed by atoms with Crippen molar-refractivity contribution in [3.63, 3.8) is 0 Å². The molecule has 0 unspecified atom stereocenters. The second-order valence-electron chi connectivity index (χ2n) is 3.75. The van der Waals surface area contributed by atoms with Gasteiger partial charge in [0.15, 0.2) is 0 Å². The van der Waals surface area contributed by atoms with Crippen LogP contribution in [-0.2, 0) is 16.0 Å². The van der Waals surface area contributed by atoms with Crippen molar-refractivity contribution in [3.8, 4) is 0 Å². The second-order valence-corrected chi connectivity index (χ2v) is 5.14. The van der Waals surface area contributed by atoms with Crippen LogP contribution in [-0.4, -0.2) is 24.1 Å². The molecular weight excluding hydrogens is 246 g/mol. The van der Waals surface area contributed by atoms with Crippen LogP contribution in [0.5, 0.6) is 0 Å². The molecule has 0 spiro atoms. The summed E-state index contributed by atoms with van der Waals surface area (Å²) in [6.07, 6.45) is 1.93. The maximum absolute atomic E-state index is 11.4. The maximum atomic E-state index is 11.4. The monoisotopic (exact) mass is 265 g/mol. The Morgan fingerprint density at radius 3 is 2.78 bits per heavy atom. The van der Waals surface area contributed by atoms with Gasteiger partial charge in [0.2, 0.25) is 0 Å². The molecule has 0 saturated heterocycles. The molecule has 0 heterocycles. The maximum Gasteiger partial charge on any atom is 0.332 e.